The van der Waals surface area contributed by atoms with E-state index in [0.717, 1.165) is 17.0 Å². The summed E-state index contributed by atoms with van der Waals surface area (Å²) in [4.78, 5) is 23.5. The Bertz CT molecular complexity index is 999. The number of carbonyl (C=O) groups is 2. The second kappa shape index (κ2) is 8.93. The summed E-state index contributed by atoms with van der Waals surface area (Å²) in [6.07, 6.45) is 0. The zero-order valence-corrected chi connectivity index (χ0v) is 16.3. The molecule has 0 aliphatic rings. The lowest BCUT2D eigenvalue weighted by Crippen LogP contribution is -2.31. The Labute approximate surface area is 169 Å². The fraction of sp³-hybridized carbons (Fsp3) is 0.130. The largest absolute Gasteiger partial charge is 0.457 e. The number of benzene rings is 3. The van der Waals surface area contributed by atoms with Crippen LogP contribution in [-0.4, -0.2) is 17.9 Å². The first-order valence-electron chi connectivity index (χ1n) is 9.22. The molecule has 148 valence electrons. The Morgan fingerprint density at radius 2 is 1.55 bits per heavy atom. The van der Waals surface area contributed by atoms with Crippen molar-refractivity contribution in [1.29, 1.82) is 0 Å². The van der Waals surface area contributed by atoms with Crippen molar-refractivity contribution in [3.8, 4) is 11.5 Å². The van der Waals surface area contributed by atoms with E-state index >= 15 is 0 Å². The predicted molar refractivity (Wildman–Crippen MR) is 114 cm³/mol. The van der Waals surface area contributed by atoms with Crippen molar-refractivity contribution in [2.75, 3.05) is 10.6 Å². The molecule has 2 amide bonds. The Kier molecular flexibility index (Phi) is 6.14. The van der Waals surface area contributed by atoms with E-state index in [1.54, 1.807) is 31.2 Å². The summed E-state index contributed by atoms with van der Waals surface area (Å²) in [5.74, 6) is 0.790. The van der Waals surface area contributed by atoms with Gasteiger partial charge >= 0.3 is 0 Å². The number of nitrogens with one attached hydrogen (secondary N) is 2. The third-order valence-corrected chi connectivity index (χ3v) is 4.29. The summed E-state index contributed by atoms with van der Waals surface area (Å²) in [5.41, 5.74) is 8.13. The molecular weight excluding hydrogens is 366 g/mol. The van der Waals surface area contributed by atoms with Crippen LogP contribution in [0.2, 0.25) is 0 Å². The average Bonchev–Trinajstić information content (AvgIpc) is 2.70. The van der Waals surface area contributed by atoms with Crippen LogP contribution in [0.1, 0.15) is 22.8 Å². The number of anilines is 2. The molecule has 0 unspecified atom stereocenters. The smallest absolute Gasteiger partial charge is 0.248 e. The van der Waals surface area contributed by atoms with Gasteiger partial charge in [-0.25, -0.2) is 0 Å². The molecule has 0 aliphatic carbocycles. The zero-order valence-electron chi connectivity index (χ0n) is 16.3. The first-order valence-corrected chi connectivity index (χ1v) is 9.22. The Morgan fingerprint density at radius 1 is 0.897 bits per heavy atom. The molecule has 0 radical (unpaired) electrons. The van der Waals surface area contributed by atoms with Crippen LogP contribution in [0.25, 0.3) is 0 Å². The number of ether oxygens (including phenoxy) is 1. The molecule has 1 atom stereocenters. The second-order valence-corrected chi connectivity index (χ2v) is 6.74. The molecule has 6 nitrogen and oxygen atoms in total. The van der Waals surface area contributed by atoms with Crippen LogP contribution in [0.15, 0.2) is 72.8 Å². The van der Waals surface area contributed by atoms with Gasteiger partial charge in [-0.2, -0.15) is 0 Å². The molecule has 3 aromatic rings. The third kappa shape index (κ3) is 5.59. The van der Waals surface area contributed by atoms with Gasteiger partial charge < -0.3 is 21.1 Å². The number of amides is 2. The molecule has 3 aromatic carbocycles. The molecule has 0 aliphatic heterocycles. The molecule has 0 spiro atoms. The van der Waals surface area contributed by atoms with Gasteiger partial charge in [-0.05, 0) is 80.1 Å². The van der Waals surface area contributed by atoms with E-state index in [-0.39, 0.29) is 5.91 Å². The highest BCUT2D eigenvalue weighted by Gasteiger charge is 2.13. The van der Waals surface area contributed by atoms with E-state index in [1.807, 2.05) is 55.5 Å². The summed E-state index contributed by atoms with van der Waals surface area (Å²) in [5, 5.41) is 5.95. The van der Waals surface area contributed by atoms with Gasteiger partial charge in [0.2, 0.25) is 11.8 Å². The number of hydrogen-bond donors (Lipinski definition) is 3. The topological polar surface area (TPSA) is 93.4 Å². The molecule has 29 heavy (non-hydrogen) atoms. The summed E-state index contributed by atoms with van der Waals surface area (Å²) in [6.45, 7) is 3.78. The molecule has 3 rings (SSSR count). The minimum atomic E-state index is -0.507. The van der Waals surface area contributed by atoms with Crippen molar-refractivity contribution in [2.24, 2.45) is 5.73 Å². The van der Waals surface area contributed by atoms with E-state index in [0.29, 0.717) is 17.0 Å². The Hall–Kier alpha value is -3.80. The highest BCUT2D eigenvalue weighted by Crippen LogP contribution is 2.24. The predicted octanol–water partition coefficient (Wildman–Crippen LogP) is 4.33. The van der Waals surface area contributed by atoms with Crippen LogP contribution in [0.3, 0.4) is 0 Å². The fourth-order valence-electron chi connectivity index (χ4n) is 2.72. The lowest BCUT2D eigenvalue weighted by atomic mass is 10.2. The van der Waals surface area contributed by atoms with Crippen LogP contribution in [-0.2, 0) is 4.79 Å². The molecule has 0 heterocycles. The molecule has 0 saturated carbocycles. The van der Waals surface area contributed by atoms with E-state index in [2.05, 4.69) is 10.6 Å². The number of aryl methyl sites for hydroxylation is 1. The second-order valence-electron chi connectivity index (χ2n) is 6.74. The zero-order chi connectivity index (χ0) is 20.8. The van der Waals surface area contributed by atoms with Crippen LogP contribution in [0, 0.1) is 6.92 Å². The number of primary amides is 1. The fourth-order valence-corrected chi connectivity index (χ4v) is 2.72. The lowest BCUT2D eigenvalue weighted by Gasteiger charge is -2.16. The van der Waals surface area contributed by atoms with Gasteiger partial charge in [0, 0.05) is 16.9 Å². The van der Waals surface area contributed by atoms with Gasteiger partial charge in [0.05, 0.1) is 0 Å². The standard InChI is InChI=1S/C23H23N3O3/c1-15-4-3-5-21(14-15)29-20-12-10-18(11-13-20)25-16(2)23(28)26-19-8-6-17(7-9-19)22(24)27/h3-14,16,25H,1-2H3,(H2,24,27)(H,26,28)/t16-/m1/s1. The van der Waals surface area contributed by atoms with Crippen molar-refractivity contribution in [3.63, 3.8) is 0 Å². The Morgan fingerprint density at radius 3 is 2.17 bits per heavy atom. The maximum Gasteiger partial charge on any atom is 0.248 e. The maximum atomic E-state index is 12.4. The van der Waals surface area contributed by atoms with E-state index in [1.165, 1.54) is 0 Å². The lowest BCUT2D eigenvalue weighted by molar-refractivity contribution is -0.116. The molecule has 0 bridgehead atoms. The SMILES string of the molecule is Cc1cccc(Oc2ccc(N[C@H](C)C(=O)Nc3ccc(C(N)=O)cc3)cc2)c1. The van der Waals surface area contributed by atoms with Crippen LogP contribution in [0.5, 0.6) is 11.5 Å². The monoisotopic (exact) mass is 389 g/mol. The Balaban J connectivity index is 1.56. The summed E-state index contributed by atoms with van der Waals surface area (Å²) in [7, 11) is 0. The normalized spacial score (nSPS) is 11.4. The average molecular weight is 389 g/mol. The summed E-state index contributed by atoms with van der Waals surface area (Å²) >= 11 is 0. The number of hydrogen-bond acceptors (Lipinski definition) is 4. The molecule has 4 N–H and O–H groups in total. The van der Waals surface area contributed by atoms with Crippen LogP contribution < -0.4 is 21.1 Å². The molecule has 6 heteroatoms. The number of carbonyl (C=O) groups excluding carboxylic acids is 2. The van der Waals surface area contributed by atoms with E-state index in [4.69, 9.17) is 10.5 Å². The minimum Gasteiger partial charge on any atom is -0.457 e. The quantitative estimate of drug-likeness (QED) is 0.561. The van der Waals surface area contributed by atoms with Crippen molar-refractivity contribution >= 4 is 23.2 Å². The first kappa shape index (κ1) is 19.9. The number of nitrogens with two attached hydrogens (primary N) is 1. The molecular formula is C23H23N3O3. The summed E-state index contributed by atoms with van der Waals surface area (Å²) in [6, 6.07) is 21.2. The van der Waals surface area contributed by atoms with Crippen molar-refractivity contribution in [2.45, 2.75) is 19.9 Å². The van der Waals surface area contributed by atoms with E-state index < -0.39 is 11.9 Å². The van der Waals surface area contributed by atoms with Crippen LogP contribution in [0.4, 0.5) is 11.4 Å². The van der Waals surface area contributed by atoms with Crippen LogP contribution >= 0.6 is 0 Å². The van der Waals surface area contributed by atoms with Gasteiger partial charge in [-0.15, -0.1) is 0 Å². The maximum absolute atomic E-state index is 12.4. The van der Waals surface area contributed by atoms with Gasteiger partial charge in [-0.1, -0.05) is 12.1 Å². The summed E-state index contributed by atoms with van der Waals surface area (Å²) < 4.78 is 5.83. The molecule has 0 fully saturated rings. The van der Waals surface area contributed by atoms with Gasteiger partial charge in [0.25, 0.3) is 0 Å². The minimum absolute atomic E-state index is 0.197. The van der Waals surface area contributed by atoms with Gasteiger partial charge in [0.15, 0.2) is 0 Å². The molecule has 0 aromatic heterocycles. The van der Waals surface area contributed by atoms with Crippen molar-refractivity contribution < 1.29 is 14.3 Å². The highest BCUT2D eigenvalue weighted by molar-refractivity contribution is 5.97. The first-order chi connectivity index (χ1) is 13.9. The van der Waals surface area contributed by atoms with Gasteiger partial charge in [-0.3, -0.25) is 9.59 Å². The highest BCUT2D eigenvalue weighted by atomic mass is 16.5. The number of rotatable bonds is 7. The molecule has 0 saturated heterocycles. The van der Waals surface area contributed by atoms with Crippen molar-refractivity contribution in [3.05, 3.63) is 83.9 Å². The van der Waals surface area contributed by atoms with Crippen molar-refractivity contribution in [1.82, 2.24) is 0 Å². The third-order valence-electron chi connectivity index (χ3n) is 4.29. The van der Waals surface area contributed by atoms with E-state index in [9.17, 15) is 9.59 Å². The van der Waals surface area contributed by atoms with Gasteiger partial charge in [0.1, 0.15) is 17.5 Å².